The van der Waals surface area contributed by atoms with Crippen molar-refractivity contribution in [2.75, 3.05) is 5.32 Å². The van der Waals surface area contributed by atoms with Gasteiger partial charge in [0, 0.05) is 11.6 Å². The van der Waals surface area contributed by atoms with Gasteiger partial charge in [-0.15, -0.1) is 0 Å². The first-order valence-electron chi connectivity index (χ1n) is 10.1. The summed E-state index contributed by atoms with van der Waals surface area (Å²) in [5, 5.41) is 18.1. The number of hydrogen-bond acceptors (Lipinski definition) is 7. The first kappa shape index (κ1) is 22.2. The molecular formula is C23H14F2N6O3S. The molecule has 3 heterocycles. The summed E-state index contributed by atoms with van der Waals surface area (Å²) in [6.07, 6.45) is 1.42. The van der Waals surface area contributed by atoms with Gasteiger partial charge in [-0.3, -0.25) is 14.9 Å². The van der Waals surface area contributed by atoms with E-state index in [0.717, 1.165) is 11.3 Å². The van der Waals surface area contributed by atoms with Crippen LogP contribution < -0.4 is 5.32 Å². The number of aromatic nitrogens is 4. The molecule has 5 aromatic rings. The Morgan fingerprint density at radius 2 is 1.94 bits per heavy atom. The third-order valence-corrected chi connectivity index (χ3v) is 6.16. The molecule has 0 aliphatic rings. The maximum atomic E-state index is 13.9. The van der Waals surface area contributed by atoms with E-state index < -0.39 is 22.5 Å². The second kappa shape index (κ2) is 8.65. The molecule has 9 nitrogen and oxygen atoms in total. The molecule has 0 spiro atoms. The lowest BCUT2D eigenvalue weighted by Crippen LogP contribution is -2.12. The van der Waals surface area contributed by atoms with Crippen LogP contribution in [0.5, 0.6) is 0 Å². The fraction of sp³-hybridized carbons (Fsp3) is 0.0435. The number of halogens is 2. The topological polar surface area (TPSA) is 116 Å². The molecule has 0 fully saturated rings. The molecule has 0 atom stereocenters. The van der Waals surface area contributed by atoms with Gasteiger partial charge in [0.2, 0.25) is 0 Å². The highest BCUT2D eigenvalue weighted by Gasteiger charge is 2.20. The highest BCUT2D eigenvalue weighted by molar-refractivity contribution is 7.17. The fourth-order valence-corrected chi connectivity index (χ4v) is 4.15. The molecule has 0 aliphatic carbocycles. The van der Waals surface area contributed by atoms with Gasteiger partial charge in [0.05, 0.1) is 27.1 Å². The third kappa shape index (κ3) is 4.22. The van der Waals surface area contributed by atoms with Gasteiger partial charge < -0.3 is 5.32 Å². The van der Waals surface area contributed by atoms with Crippen molar-refractivity contribution in [1.29, 1.82) is 0 Å². The van der Waals surface area contributed by atoms with Gasteiger partial charge in [0.15, 0.2) is 11.5 Å². The van der Waals surface area contributed by atoms with E-state index in [1.807, 2.05) is 0 Å². The SMILES string of the molecule is Cc1cc(-c2nc(NC(=O)c3ccc([N+](=O)[O-])s3)c3cnn(-c4cccc(F)c4)c3n2)ccc1F. The Balaban J connectivity index is 1.65. The zero-order valence-electron chi connectivity index (χ0n) is 17.9. The number of rotatable bonds is 5. The molecule has 174 valence electrons. The summed E-state index contributed by atoms with van der Waals surface area (Å²) in [7, 11) is 0. The Morgan fingerprint density at radius 3 is 2.66 bits per heavy atom. The highest BCUT2D eigenvalue weighted by atomic mass is 32.1. The number of benzene rings is 2. The van der Waals surface area contributed by atoms with Crippen LogP contribution >= 0.6 is 11.3 Å². The number of aryl methyl sites for hydroxylation is 1. The Kier molecular flexibility index (Phi) is 5.49. The molecule has 0 bridgehead atoms. The van der Waals surface area contributed by atoms with E-state index in [-0.39, 0.29) is 27.2 Å². The minimum atomic E-state index is -0.608. The fourth-order valence-electron chi connectivity index (χ4n) is 3.43. The Morgan fingerprint density at radius 1 is 1.11 bits per heavy atom. The van der Waals surface area contributed by atoms with Crippen LogP contribution in [0.1, 0.15) is 15.2 Å². The average Bonchev–Trinajstić information content (AvgIpc) is 3.49. The Bertz CT molecular complexity index is 1630. The van der Waals surface area contributed by atoms with Gasteiger partial charge in [-0.05, 0) is 55.0 Å². The number of nitrogens with zero attached hydrogens (tertiary/aromatic N) is 5. The van der Waals surface area contributed by atoms with Crippen molar-refractivity contribution < 1.29 is 18.5 Å². The second-order valence-corrected chi connectivity index (χ2v) is 8.54. The maximum Gasteiger partial charge on any atom is 0.324 e. The van der Waals surface area contributed by atoms with Gasteiger partial charge in [-0.25, -0.2) is 23.4 Å². The van der Waals surface area contributed by atoms with E-state index in [1.165, 1.54) is 53.3 Å². The van der Waals surface area contributed by atoms with Crippen LogP contribution in [0.2, 0.25) is 0 Å². The van der Waals surface area contributed by atoms with Crippen LogP contribution in [0.25, 0.3) is 28.1 Å². The molecule has 1 amide bonds. The van der Waals surface area contributed by atoms with Crippen molar-refractivity contribution >= 4 is 39.1 Å². The van der Waals surface area contributed by atoms with Gasteiger partial charge >= 0.3 is 5.00 Å². The molecule has 0 aliphatic heterocycles. The van der Waals surface area contributed by atoms with E-state index in [9.17, 15) is 23.7 Å². The number of nitrogens with one attached hydrogen (secondary N) is 1. The number of fused-ring (bicyclic) bond motifs is 1. The van der Waals surface area contributed by atoms with E-state index in [0.29, 0.717) is 22.2 Å². The first-order valence-corrected chi connectivity index (χ1v) is 11.0. The monoisotopic (exact) mass is 492 g/mol. The van der Waals surface area contributed by atoms with Crippen molar-refractivity contribution in [1.82, 2.24) is 19.7 Å². The smallest absolute Gasteiger partial charge is 0.305 e. The molecule has 0 saturated heterocycles. The molecule has 5 rings (SSSR count). The van der Waals surface area contributed by atoms with Gasteiger partial charge in [0.1, 0.15) is 17.5 Å². The first-order chi connectivity index (χ1) is 16.8. The summed E-state index contributed by atoms with van der Waals surface area (Å²) in [5.74, 6) is -1.21. The zero-order valence-corrected chi connectivity index (χ0v) is 18.7. The standard InChI is InChI=1S/C23H14F2N6O3S/c1-12-9-13(5-6-17(12)25)20-27-21(29-23(32)18-7-8-19(35-18)31(33)34)16-11-26-30(22(16)28-20)15-4-2-3-14(24)10-15/h2-11H,1H3,(H,27,28,29,32). The van der Waals surface area contributed by atoms with E-state index in [4.69, 9.17) is 0 Å². The molecular weight excluding hydrogens is 478 g/mol. The number of nitro groups is 1. The molecule has 3 aromatic heterocycles. The average molecular weight is 492 g/mol. The predicted molar refractivity (Wildman–Crippen MR) is 126 cm³/mol. The lowest BCUT2D eigenvalue weighted by molar-refractivity contribution is -0.380. The molecule has 12 heteroatoms. The minimum Gasteiger partial charge on any atom is -0.305 e. The number of carbonyl (C=O) groups is 1. The second-order valence-electron chi connectivity index (χ2n) is 7.48. The summed E-state index contributed by atoms with van der Waals surface area (Å²) in [6.45, 7) is 1.60. The molecule has 0 unspecified atom stereocenters. The lowest BCUT2D eigenvalue weighted by atomic mass is 10.1. The minimum absolute atomic E-state index is 0.0932. The van der Waals surface area contributed by atoms with Crippen molar-refractivity contribution in [2.45, 2.75) is 6.92 Å². The van der Waals surface area contributed by atoms with Crippen molar-refractivity contribution in [3.63, 3.8) is 0 Å². The maximum absolute atomic E-state index is 13.9. The van der Waals surface area contributed by atoms with Gasteiger partial charge in [0.25, 0.3) is 5.91 Å². The summed E-state index contributed by atoms with van der Waals surface area (Å²) in [5.41, 5.74) is 1.53. The largest absolute Gasteiger partial charge is 0.324 e. The van der Waals surface area contributed by atoms with Gasteiger partial charge in [-0.1, -0.05) is 17.4 Å². The van der Waals surface area contributed by atoms with Crippen LogP contribution in [-0.2, 0) is 0 Å². The third-order valence-electron chi connectivity index (χ3n) is 5.12. The number of amides is 1. The lowest BCUT2D eigenvalue weighted by Gasteiger charge is -2.10. The van der Waals surface area contributed by atoms with Crippen LogP contribution in [0.3, 0.4) is 0 Å². The number of carbonyl (C=O) groups excluding carboxylic acids is 1. The summed E-state index contributed by atoms with van der Waals surface area (Å²) >= 11 is 0.723. The van der Waals surface area contributed by atoms with Crippen LogP contribution in [0.4, 0.5) is 19.6 Å². The molecule has 1 N–H and O–H groups in total. The number of thiophene rings is 1. The zero-order chi connectivity index (χ0) is 24.7. The van der Waals surface area contributed by atoms with Crippen LogP contribution in [0, 0.1) is 28.7 Å². The summed E-state index contributed by atoms with van der Waals surface area (Å²) < 4.78 is 29.1. The Labute approximate surface area is 199 Å². The van der Waals surface area contributed by atoms with Crippen molar-refractivity contribution in [3.05, 3.63) is 93.0 Å². The van der Waals surface area contributed by atoms with Crippen LogP contribution in [-0.4, -0.2) is 30.6 Å². The predicted octanol–water partition coefficient (Wildman–Crippen LogP) is 5.29. The molecule has 2 aromatic carbocycles. The highest BCUT2D eigenvalue weighted by Crippen LogP contribution is 2.29. The number of anilines is 1. The molecule has 0 saturated carbocycles. The van der Waals surface area contributed by atoms with E-state index in [2.05, 4.69) is 20.4 Å². The van der Waals surface area contributed by atoms with Crippen molar-refractivity contribution in [2.24, 2.45) is 0 Å². The van der Waals surface area contributed by atoms with E-state index in [1.54, 1.807) is 19.1 Å². The number of hydrogen-bond donors (Lipinski definition) is 1. The van der Waals surface area contributed by atoms with Gasteiger partial charge in [-0.2, -0.15) is 5.10 Å². The normalized spacial score (nSPS) is 11.1. The summed E-state index contributed by atoms with van der Waals surface area (Å²) in [6, 6.07) is 12.7. The van der Waals surface area contributed by atoms with E-state index >= 15 is 0 Å². The van der Waals surface area contributed by atoms with Crippen LogP contribution in [0.15, 0.2) is 60.8 Å². The molecule has 35 heavy (non-hydrogen) atoms. The molecule has 0 radical (unpaired) electrons. The van der Waals surface area contributed by atoms with Crippen molar-refractivity contribution in [3.8, 4) is 17.1 Å². The summed E-state index contributed by atoms with van der Waals surface area (Å²) in [4.78, 5) is 32.4. The Hall–Kier alpha value is -4.58. The quantitative estimate of drug-likeness (QED) is 0.263.